The Morgan fingerprint density at radius 1 is 1.27 bits per heavy atom. The van der Waals surface area contributed by atoms with Crippen molar-refractivity contribution in [3.05, 3.63) is 34.9 Å². The molecular weight excluding hydrogens is 132 g/mol. The van der Waals surface area contributed by atoms with E-state index < -0.39 is 0 Å². The molecule has 0 N–H and O–H groups in total. The fraction of sp³-hybridized carbons (Fsp3) is 0.455. The van der Waals surface area contributed by atoms with Crippen LogP contribution in [0.15, 0.2) is 34.9 Å². The van der Waals surface area contributed by atoms with Crippen LogP contribution in [0.2, 0.25) is 0 Å². The summed E-state index contributed by atoms with van der Waals surface area (Å²) in [6.07, 6.45) is 6.55. The van der Waals surface area contributed by atoms with E-state index in [9.17, 15) is 0 Å². The Morgan fingerprint density at radius 3 is 2.27 bits per heavy atom. The monoisotopic (exact) mass is 148 g/mol. The first-order chi connectivity index (χ1) is 5.13. The summed E-state index contributed by atoms with van der Waals surface area (Å²) in [6, 6.07) is 0. The average Bonchev–Trinajstić information content (AvgIpc) is 2.32. The van der Waals surface area contributed by atoms with Gasteiger partial charge in [0, 0.05) is 0 Å². The van der Waals surface area contributed by atoms with Gasteiger partial charge in [0.2, 0.25) is 0 Å². The minimum atomic E-state index is 0.648. The van der Waals surface area contributed by atoms with Gasteiger partial charge >= 0.3 is 0 Å². The zero-order valence-corrected chi connectivity index (χ0v) is 7.81. The highest BCUT2D eigenvalue weighted by atomic mass is 14.2. The molecule has 0 amide bonds. The standard InChI is InChI=1S/C11H16/c1-8(2)10-6-5-7-11(10)9(3)4/h5-8H,1-4H3. The topological polar surface area (TPSA) is 0 Å². The summed E-state index contributed by atoms with van der Waals surface area (Å²) in [6.45, 7) is 8.81. The molecule has 0 aromatic heterocycles. The summed E-state index contributed by atoms with van der Waals surface area (Å²) in [7, 11) is 0. The Hall–Kier alpha value is -0.780. The second-order valence-electron chi connectivity index (χ2n) is 3.55. The molecule has 0 saturated heterocycles. The van der Waals surface area contributed by atoms with Crippen molar-refractivity contribution in [3.63, 3.8) is 0 Å². The third-order valence-corrected chi connectivity index (χ3v) is 2.01. The van der Waals surface area contributed by atoms with E-state index in [1.165, 1.54) is 16.7 Å². The molecule has 0 spiro atoms. The highest BCUT2D eigenvalue weighted by Crippen LogP contribution is 2.27. The van der Waals surface area contributed by atoms with E-state index >= 15 is 0 Å². The highest BCUT2D eigenvalue weighted by Gasteiger charge is 2.10. The first-order valence-electron chi connectivity index (χ1n) is 4.19. The van der Waals surface area contributed by atoms with Crippen molar-refractivity contribution in [1.82, 2.24) is 0 Å². The smallest absolute Gasteiger partial charge is 0.0213 e. The summed E-state index contributed by atoms with van der Waals surface area (Å²) in [5, 5.41) is 0. The summed E-state index contributed by atoms with van der Waals surface area (Å²) in [5.41, 5.74) is 4.32. The molecule has 1 rings (SSSR count). The van der Waals surface area contributed by atoms with Crippen LogP contribution in [-0.2, 0) is 0 Å². The van der Waals surface area contributed by atoms with Gasteiger partial charge in [0.25, 0.3) is 0 Å². The molecule has 0 nitrogen and oxygen atoms in total. The molecule has 0 radical (unpaired) electrons. The third kappa shape index (κ3) is 1.62. The zero-order valence-electron chi connectivity index (χ0n) is 7.81. The van der Waals surface area contributed by atoms with Crippen LogP contribution in [0.5, 0.6) is 0 Å². The summed E-state index contributed by atoms with van der Waals surface area (Å²) >= 11 is 0. The van der Waals surface area contributed by atoms with Gasteiger partial charge in [0.05, 0.1) is 0 Å². The van der Waals surface area contributed by atoms with Crippen molar-refractivity contribution < 1.29 is 0 Å². The molecule has 0 aromatic carbocycles. The lowest BCUT2D eigenvalue weighted by Crippen LogP contribution is -1.94. The summed E-state index contributed by atoms with van der Waals surface area (Å²) < 4.78 is 0. The van der Waals surface area contributed by atoms with Crippen molar-refractivity contribution in [3.8, 4) is 0 Å². The van der Waals surface area contributed by atoms with Crippen LogP contribution in [0, 0.1) is 5.92 Å². The van der Waals surface area contributed by atoms with Gasteiger partial charge in [-0.25, -0.2) is 0 Å². The maximum atomic E-state index is 2.24. The molecule has 0 heteroatoms. The number of rotatable bonds is 1. The molecule has 0 saturated carbocycles. The number of hydrogen-bond donors (Lipinski definition) is 0. The van der Waals surface area contributed by atoms with Crippen LogP contribution >= 0.6 is 0 Å². The van der Waals surface area contributed by atoms with Crippen molar-refractivity contribution >= 4 is 0 Å². The molecule has 0 fully saturated rings. The first kappa shape index (κ1) is 8.32. The lowest BCUT2D eigenvalue weighted by Gasteiger charge is -2.10. The van der Waals surface area contributed by atoms with Crippen molar-refractivity contribution in [2.24, 2.45) is 5.92 Å². The molecule has 1 aliphatic carbocycles. The van der Waals surface area contributed by atoms with E-state index in [2.05, 4.69) is 45.9 Å². The van der Waals surface area contributed by atoms with Gasteiger partial charge in [-0.15, -0.1) is 0 Å². The Morgan fingerprint density at radius 2 is 1.91 bits per heavy atom. The Bertz CT molecular complexity index is 233. The molecule has 0 heterocycles. The zero-order chi connectivity index (χ0) is 8.43. The summed E-state index contributed by atoms with van der Waals surface area (Å²) in [4.78, 5) is 0. The van der Waals surface area contributed by atoms with Crippen molar-refractivity contribution in [2.45, 2.75) is 27.7 Å². The second-order valence-corrected chi connectivity index (χ2v) is 3.55. The normalized spacial score (nSPS) is 16.1. The lowest BCUT2D eigenvalue weighted by atomic mass is 9.95. The van der Waals surface area contributed by atoms with Crippen molar-refractivity contribution in [1.29, 1.82) is 0 Å². The van der Waals surface area contributed by atoms with Crippen LogP contribution in [0.3, 0.4) is 0 Å². The quantitative estimate of drug-likeness (QED) is 0.534. The van der Waals surface area contributed by atoms with Crippen molar-refractivity contribution in [2.75, 3.05) is 0 Å². The average molecular weight is 148 g/mol. The maximum Gasteiger partial charge on any atom is -0.0213 e. The number of allylic oxidation sites excluding steroid dienone is 6. The Kier molecular flexibility index (Phi) is 2.33. The van der Waals surface area contributed by atoms with E-state index in [0.29, 0.717) is 5.92 Å². The van der Waals surface area contributed by atoms with Crippen LogP contribution < -0.4 is 0 Å². The molecule has 1 aliphatic rings. The minimum absolute atomic E-state index is 0.648. The van der Waals surface area contributed by atoms with Crippen LogP contribution in [0.1, 0.15) is 27.7 Å². The van der Waals surface area contributed by atoms with Gasteiger partial charge in [-0.3, -0.25) is 0 Å². The Labute approximate surface area is 69.3 Å². The van der Waals surface area contributed by atoms with Crippen LogP contribution in [-0.4, -0.2) is 0 Å². The SMILES string of the molecule is CC(C)=C1C=CC=C1C(C)C. The van der Waals surface area contributed by atoms with E-state index in [4.69, 9.17) is 0 Å². The Balaban J connectivity index is 2.95. The third-order valence-electron chi connectivity index (χ3n) is 2.01. The molecule has 0 unspecified atom stereocenters. The van der Waals surface area contributed by atoms with Gasteiger partial charge in [-0.2, -0.15) is 0 Å². The van der Waals surface area contributed by atoms with Gasteiger partial charge in [-0.05, 0) is 30.9 Å². The summed E-state index contributed by atoms with van der Waals surface area (Å²) in [5.74, 6) is 0.648. The van der Waals surface area contributed by atoms with Crippen LogP contribution in [0.25, 0.3) is 0 Å². The van der Waals surface area contributed by atoms with E-state index in [1.807, 2.05) is 0 Å². The molecule has 11 heavy (non-hydrogen) atoms. The highest BCUT2D eigenvalue weighted by molar-refractivity contribution is 5.50. The van der Waals surface area contributed by atoms with Gasteiger partial charge in [0.15, 0.2) is 0 Å². The largest absolute Gasteiger partial charge is 0.0689 e. The predicted molar refractivity (Wildman–Crippen MR) is 50.4 cm³/mol. The van der Waals surface area contributed by atoms with E-state index in [-0.39, 0.29) is 0 Å². The molecule has 0 aromatic rings. The molecular formula is C11H16. The van der Waals surface area contributed by atoms with Gasteiger partial charge in [-0.1, -0.05) is 37.6 Å². The molecule has 0 bridgehead atoms. The molecule has 0 atom stereocenters. The fourth-order valence-electron chi connectivity index (χ4n) is 1.39. The van der Waals surface area contributed by atoms with Gasteiger partial charge < -0.3 is 0 Å². The van der Waals surface area contributed by atoms with Gasteiger partial charge in [0.1, 0.15) is 0 Å². The first-order valence-corrected chi connectivity index (χ1v) is 4.19. The number of hydrogen-bond acceptors (Lipinski definition) is 0. The fourth-order valence-corrected chi connectivity index (χ4v) is 1.39. The maximum absolute atomic E-state index is 2.24. The van der Waals surface area contributed by atoms with E-state index in [1.54, 1.807) is 0 Å². The second kappa shape index (κ2) is 3.08. The lowest BCUT2D eigenvalue weighted by molar-refractivity contribution is 0.784. The van der Waals surface area contributed by atoms with E-state index in [0.717, 1.165) is 0 Å². The predicted octanol–water partition coefficient (Wildman–Crippen LogP) is 3.48. The van der Waals surface area contributed by atoms with Crippen LogP contribution in [0.4, 0.5) is 0 Å². The molecule has 0 aliphatic heterocycles. The molecule has 60 valence electrons. The minimum Gasteiger partial charge on any atom is -0.0689 e.